The number of ether oxygens (including phenoxy) is 1. The molecule has 3 nitrogen and oxygen atoms in total. The van der Waals surface area contributed by atoms with Gasteiger partial charge in [0.05, 0.1) is 12.7 Å². The van der Waals surface area contributed by atoms with Crippen LogP contribution in [0.25, 0.3) is 0 Å². The first-order valence-electron chi connectivity index (χ1n) is 7.34. The molecule has 2 aliphatic rings. The lowest BCUT2D eigenvalue weighted by molar-refractivity contribution is -0.129. The molecule has 1 saturated carbocycles. The van der Waals surface area contributed by atoms with Crippen molar-refractivity contribution in [3.05, 3.63) is 0 Å². The van der Waals surface area contributed by atoms with Gasteiger partial charge in [0.2, 0.25) is 0 Å². The molecule has 0 aromatic carbocycles. The van der Waals surface area contributed by atoms with Crippen molar-refractivity contribution in [1.29, 1.82) is 0 Å². The molecule has 3 atom stereocenters. The van der Waals surface area contributed by atoms with Crippen LogP contribution in [0, 0.1) is 11.3 Å². The number of carbonyl (C=O) groups is 1. The third kappa shape index (κ3) is 2.77. The lowest BCUT2D eigenvalue weighted by Gasteiger charge is -2.39. The van der Waals surface area contributed by atoms with Gasteiger partial charge in [-0.1, -0.05) is 20.8 Å². The summed E-state index contributed by atoms with van der Waals surface area (Å²) in [7, 11) is 0. The average Bonchev–Trinajstić information content (AvgIpc) is 2.57. The third-order valence-corrected chi connectivity index (χ3v) is 4.66. The topological polar surface area (TPSA) is 29.5 Å². The molecule has 1 heterocycles. The van der Waals surface area contributed by atoms with Crippen LogP contribution in [-0.2, 0) is 9.53 Å². The number of hydrogen-bond acceptors (Lipinski definition) is 3. The molecule has 104 valence electrons. The SMILES string of the molecule is CCC1COC(C)CN1CC1CCC(C)(C)C1=O. The minimum absolute atomic E-state index is 0.0930. The summed E-state index contributed by atoms with van der Waals surface area (Å²) in [5.41, 5.74) is -0.0930. The predicted octanol–water partition coefficient (Wildman–Crippen LogP) is 2.49. The number of morpholine rings is 1. The van der Waals surface area contributed by atoms with Crippen LogP contribution in [0.5, 0.6) is 0 Å². The van der Waals surface area contributed by atoms with E-state index in [0.29, 0.717) is 17.9 Å². The van der Waals surface area contributed by atoms with Crippen molar-refractivity contribution in [3.8, 4) is 0 Å². The van der Waals surface area contributed by atoms with Crippen LogP contribution in [0.1, 0.15) is 47.0 Å². The van der Waals surface area contributed by atoms with Gasteiger partial charge in [0.1, 0.15) is 5.78 Å². The zero-order valence-corrected chi connectivity index (χ0v) is 12.2. The van der Waals surface area contributed by atoms with Gasteiger partial charge in [0.25, 0.3) is 0 Å². The van der Waals surface area contributed by atoms with Crippen molar-refractivity contribution in [2.75, 3.05) is 19.7 Å². The molecular formula is C15H27NO2. The molecule has 0 N–H and O–H groups in total. The molecule has 0 aromatic rings. The van der Waals surface area contributed by atoms with E-state index < -0.39 is 0 Å². The van der Waals surface area contributed by atoms with Crippen LogP contribution in [-0.4, -0.2) is 42.5 Å². The first-order chi connectivity index (χ1) is 8.44. The van der Waals surface area contributed by atoms with Crippen LogP contribution < -0.4 is 0 Å². The maximum absolute atomic E-state index is 12.3. The summed E-state index contributed by atoms with van der Waals surface area (Å²) in [6.07, 6.45) is 3.52. The second-order valence-electron chi connectivity index (χ2n) is 6.64. The van der Waals surface area contributed by atoms with Gasteiger partial charge in [-0.05, 0) is 26.2 Å². The summed E-state index contributed by atoms with van der Waals surface area (Å²) >= 11 is 0. The van der Waals surface area contributed by atoms with Crippen LogP contribution in [0.4, 0.5) is 0 Å². The van der Waals surface area contributed by atoms with E-state index in [1.165, 1.54) is 0 Å². The number of ketones is 1. The van der Waals surface area contributed by atoms with Gasteiger partial charge in [-0.15, -0.1) is 0 Å². The molecule has 0 aromatic heterocycles. The van der Waals surface area contributed by atoms with E-state index in [0.717, 1.165) is 39.0 Å². The first-order valence-corrected chi connectivity index (χ1v) is 7.34. The van der Waals surface area contributed by atoms with Gasteiger partial charge < -0.3 is 4.74 Å². The zero-order valence-electron chi connectivity index (χ0n) is 12.2. The molecule has 18 heavy (non-hydrogen) atoms. The standard InChI is InChI=1S/C15H27NO2/c1-5-13-10-18-11(2)8-16(13)9-12-6-7-15(3,4)14(12)17/h11-13H,5-10H2,1-4H3. The van der Waals surface area contributed by atoms with Crippen molar-refractivity contribution in [1.82, 2.24) is 4.90 Å². The second-order valence-corrected chi connectivity index (χ2v) is 6.64. The number of hydrogen-bond donors (Lipinski definition) is 0. The first kappa shape index (κ1) is 14.0. The predicted molar refractivity (Wildman–Crippen MR) is 72.6 cm³/mol. The molecule has 0 spiro atoms. The van der Waals surface area contributed by atoms with Gasteiger partial charge >= 0.3 is 0 Å². The summed E-state index contributed by atoms with van der Waals surface area (Å²) in [5, 5.41) is 0. The fourth-order valence-corrected chi connectivity index (χ4v) is 3.31. The van der Waals surface area contributed by atoms with Crippen LogP contribution in [0.15, 0.2) is 0 Å². The van der Waals surface area contributed by atoms with E-state index in [1.807, 2.05) is 0 Å². The average molecular weight is 253 g/mol. The van der Waals surface area contributed by atoms with E-state index in [-0.39, 0.29) is 11.3 Å². The molecule has 0 bridgehead atoms. The molecular weight excluding hydrogens is 226 g/mol. The maximum atomic E-state index is 12.3. The largest absolute Gasteiger partial charge is 0.376 e. The molecule has 3 unspecified atom stereocenters. The summed E-state index contributed by atoms with van der Waals surface area (Å²) in [6.45, 7) is 11.2. The summed E-state index contributed by atoms with van der Waals surface area (Å²) in [4.78, 5) is 14.8. The normalized spacial score (nSPS) is 37.1. The second kappa shape index (κ2) is 5.30. The van der Waals surface area contributed by atoms with E-state index >= 15 is 0 Å². The van der Waals surface area contributed by atoms with Crippen molar-refractivity contribution in [2.45, 2.75) is 59.1 Å². The van der Waals surface area contributed by atoms with E-state index in [9.17, 15) is 4.79 Å². The molecule has 0 radical (unpaired) electrons. The van der Waals surface area contributed by atoms with Crippen molar-refractivity contribution in [3.63, 3.8) is 0 Å². The fourth-order valence-electron chi connectivity index (χ4n) is 3.31. The van der Waals surface area contributed by atoms with Crippen molar-refractivity contribution < 1.29 is 9.53 Å². The summed E-state index contributed by atoms with van der Waals surface area (Å²) in [6, 6.07) is 0.498. The van der Waals surface area contributed by atoms with Gasteiger partial charge in [0.15, 0.2) is 0 Å². The molecule has 2 rings (SSSR count). The Morgan fingerprint density at radius 2 is 2.17 bits per heavy atom. The quantitative estimate of drug-likeness (QED) is 0.774. The highest BCUT2D eigenvalue weighted by Gasteiger charge is 2.41. The van der Waals surface area contributed by atoms with E-state index in [2.05, 4.69) is 32.6 Å². The van der Waals surface area contributed by atoms with Gasteiger partial charge in [-0.3, -0.25) is 9.69 Å². The maximum Gasteiger partial charge on any atom is 0.142 e. The Hall–Kier alpha value is -0.410. The van der Waals surface area contributed by atoms with Crippen molar-refractivity contribution >= 4 is 5.78 Å². The van der Waals surface area contributed by atoms with Crippen LogP contribution in [0.3, 0.4) is 0 Å². The lowest BCUT2D eigenvalue weighted by Crippen LogP contribution is -2.50. The Balaban J connectivity index is 1.97. The highest BCUT2D eigenvalue weighted by atomic mass is 16.5. The Labute approximate surface area is 111 Å². The Morgan fingerprint density at radius 1 is 1.44 bits per heavy atom. The van der Waals surface area contributed by atoms with Gasteiger partial charge in [-0.25, -0.2) is 0 Å². The third-order valence-electron chi connectivity index (χ3n) is 4.66. The minimum atomic E-state index is -0.0930. The summed E-state index contributed by atoms with van der Waals surface area (Å²) in [5.74, 6) is 0.718. The zero-order chi connectivity index (χ0) is 13.3. The number of rotatable bonds is 3. The van der Waals surface area contributed by atoms with Crippen LogP contribution >= 0.6 is 0 Å². The number of nitrogens with zero attached hydrogens (tertiary/aromatic N) is 1. The number of Topliss-reactive ketones (excluding diaryl/α,β-unsaturated/α-hetero) is 1. The molecule has 1 aliphatic carbocycles. The molecule has 2 fully saturated rings. The smallest absolute Gasteiger partial charge is 0.142 e. The molecule has 3 heteroatoms. The Bertz CT molecular complexity index is 314. The minimum Gasteiger partial charge on any atom is -0.376 e. The van der Waals surface area contributed by atoms with Gasteiger partial charge in [-0.2, -0.15) is 0 Å². The molecule has 0 amide bonds. The summed E-state index contributed by atoms with van der Waals surface area (Å²) < 4.78 is 5.72. The van der Waals surface area contributed by atoms with Crippen molar-refractivity contribution in [2.24, 2.45) is 11.3 Å². The van der Waals surface area contributed by atoms with Gasteiger partial charge in [0, 0.05) is 30.5 Å². The lowest BCUT2D eigenvalue weighted by atomic mass is 9.89. The number of carbonyl (C=O) groups excluding carboxylic acids is 1. The monoisotopic (exact) mass is 253 g/mol. The van der Waals surface area contributed by atoms with E-state index in [4.69, 9.17) is 4.74 Å². The van der Waals surface area contributed by atoms with Crippen LogP contribution in [0.2, 0.25) is 0 Å². The van der Waals surface area contributed by atoms with E-state index in [1.54, 1.807) is 0 Å². The molecule has 1 saturated heterocycles. The Kier molecular flexibility index (Phi) is 4.12. The Morgan fingerprint density at radius 3 is 2.72 bits per heavy atom. The fraction of sp³-hybridized carbons (Fsp3) is 0.933. The highest BCUT2D eigenvalue weighted by molar-refractivity contribution is 5.88. The highest BCUT2D eigenvalue weighted by Crippen LogP contribution is 2.38. The molecule has 1 aliphatic heterocycles.